The van der Waals surface area contributed by atoms with Gasteiger partial charge in [0.2, 0.25) is 0 Å². The molecule has 0 aliphatic heterocycles. The van der Waals surface area contributed by atoms with Gasteiger partial charge in [-0.05, 0) is 25.0 Å². The number of carbonyl (C=O) groups excluding carboxylic acids is 1. The van der Waals surface area contributed by atoms with E-state index in [1.807, 2.05) is 12.1 Å². The number of ether oxygens (including phenoxy) is 1. The molecule has 0 heterocycles. The molecule has 1 fully saturated rings. The summed E-state index contributed by atoms with van der Waals surface area (Å²) in [7, 11) is 3.23. The molecular formula is C15H20N2O4. The highest BCUT2D eigenvalue weighted by atomic mass is 16.5. The summed E-state index contributed by atoms with van der Waals surface area (Å²) in [6.45, 7) is 0.234. The zero-order valence-electron chi connectivity index (χ0n) is 12.3. The number of aliphatic carboxylic acids is 1. The van der Waals surface area contributed by atoms with Crippen LogP contribution in [0.3, 0.4) is 0 Å². The number of amides is 2. The van der Waals surface area contributed by atoms with Crippen LogP contribution in [0.4, 0.5) is 10.5 Å². The number of nitrogens with zero attached hydrogens (tertiary/aromatic N) is 2. The smallest absolute Gasteiger partial charge is 0.324 e. The molecule has 1 aliphatic carbocycles. The highest BCUT2D eigenvalue weighted by Crippen LogP contribution is 2.31. The van der Waals surface area contributed by atoms with E-state index in [0.29, 0.717) is 11.4 Å². The van der Waals surface area contributed by atoms with Crippen molar-refractivity contribution in [2.75, 3.05) is 25.6 Å². The fourth-order valence-corrected chi connectivity index (χ4v) is 2.24. The number of hydrogen-bond donors (Lipinski definition) is 1. The fourth-order valence-electron chi connectivity index (χ4n) is 2.24. The maximum Gasteiger partial charge on any atom is 0.324 e. The molecule has 0 aromatic heterocycles. The van der Waals surface area contributed by atoms with Crippen molar-refractivity contribution in [2.24, 2.45) is 0 Å². The van der Waals surface area contributed by atoms with Crippen molar-refractivity contribution in [1.82, 2.24) is 4.90 Å². The first kappa shape index (κ1) is 15.2. The maximum atomic E-state index is 12.6. The van der Waals surface area contributed by atoms with Gasteiger partial charge in [0.15, 0.2) is 0 Å². The van der Waals surface area contributed by atoms with Crippen molar-refractivity contribution in [1.29, 1.82) is 0 Å². The lowest BCUT2D eigenvalue weighted by molar-refractivity contribution is -0.137. The number of carboxylic acids is 1. The van der Waals surface area contributed by atoms with Gasteiger partial charge in [0.05, 0.1) is 19.2 Å². The highest BCUT2D eigenvalue weighted by molar-refractivity contribution is 5.93. The minimum atomic E-state index is -0.895. The Morgan fingerprint density at radius 1 is 1.33 bits per heavy atom. The van der Waals surface area contributed by atoms with Crippen molar-refractivity contribution in [3.63, 3.8) is 0 Å². The van der Waals surface area contributed by atoms with Crippen LogP contribution in [-0.4, -0.2) is 48.8 Å². The maximum absolute atomic E-state index is 12.6. The van der Waals surface area contributed by atoms with Gasteiger partial charge in [-0.1, -0.05) is 12.1 Å². The number of methoxy groups -OCH3 is 1. The van der Waals surface area contributed by atoms with E-state index in [1.165, 1.54) is 4.90 Å². The second kappa shape index (κ2) is 6.47. The average molecular weight is 292 g/mol. The summed E-state index contributed by atoms with van der Waals surface area (Å²) in [4.78, 5) is 26.5. The Balaban J connectivity index is 2.13. The van der Waals surface area contributed by atoms with Gasteiger partial charge in [-0.25, -0.2) is 4.79 Å². The second-order valence-electron chi connectivity index (χ2n) is 5.08. The molecule has 6 heteroatoms. The van der Waals surface area contributed by atoms with Crippen molar-refractivity contribution in [2.45, 2.75) is 25.3 Å². The SMILES string of the molecule is COc1ccccc1N(C)C(=O)N(CCC(=O)O)C1CC1. The molecule has 2 amide bonds. The normalized spacial score (nSPS) is 13.6. The molecule has 0 atom stereocenters. The number of urea groups is 1. The van der Waals surface area contributed by atoms with Gasteiger partial charge in [0.25, 0.3) is 0 Å². The van der Waals surface area contributed by atoms with Crippen LogP contribution in [-0.2, 0) is 4.79 Å². The second-order valence-corrected chi connectivity index (χ2v) is 5.08. The van der Waals surface area contributed by atoms with Crippen LogP contribution >= 0.6 is 0 Å². The zero-order valence-corrected chi connectivity index (χ0v) is 12.3. The Morgan fingerprint density at radius 2 is 2.00 bits per heavy atom. The van der Waals surface area contributed by atoms with Crippen LogP contribution < -0.4 is 9.64 Å². The first-order valence-electron chi connectivity index (χ1n) is 6.93. The molecule has 1 aromatic rings. The molecule has 0 unspecified atom stereocenters. The van der Waals surface area contributed by atoms with Gasteiger partial charge >= 0.3 is 12.0 Å². The molecule has 0 radical (unpaired) electrons. The molecule has 0 bridgehead atoms. The number of para-hydroxylation sites is 2. The third-order valence-corrected chi connectivity index (χ3v) is 3.53. The van der Waals surface area contributed by atoms with Crippen molar-refractivity contribution in [3.05, 3.63) is 24.3 Å². The molecular weight excluding hydrogens is 272 g/mol. The van der Waals surface area contributed by atoms with Gasteiger partial charge in [0.1, 0.15) is 5.75 Å². The van der Waals surface area contributed by atoms with Crippen LogP contribution in [0.5, 0.6) is 5.75 Å². The Kier molecular flexibility index (Phi) is 4.67. The lowest BCUT2D eigenvalue weighted by Gasteiger charge is -2.28. The Hall–Kier alpha value is -2.24. The summed E-state index contributed by atoms with van der Waals surface area (Å²) >= 11 is 0. The predicted octanol–water partition coefficient (Wildman–Crippen LogP) is 2.19. The molecule has 0 spiro atoms. The minimum absolute atomic E-state index is 0.0397. The van der Waals surface area contributed by atoms with Crippen molar-refractivity contribution >= 4 is 17.7 Å². The van der Waals surface area contributed by atoms with Crippen molar-refractivity contribution < 1.29 is 19.4 Å². The van der Waals surface area contributed by atoms with Crippen LogP contribution in [0, 0.1) is 0 Å². The number of carbonyl (C=O) groups is 2. The van der Waals surface area contributed by atoms with E-state index >= 15 is 0 Å². The van der Waals surface area contributed by atoms with Gasteiger partial charge in [-0.15, -0.1) is 0 Å². The number of anilines is 1. The monoisotopic (exact) mass is 292 g/mol. The van der Waals surface area contributed by atoms with E-state index in [4.69, 9.17) is 9.84 Å². The first-order chi connectivity index (χ1) is 10.0. The zero-order chi connectivity index (χ0) is 15.4. The van der Waals surface area contributed by atoms with Gasteiger partial charge in [0, 0.05) is 19.6 Å². The van der Waals surface area contributed by atoms with Crippen LogP contribution in [0.2, 0.25) is 0 Å². The van der Waals surface area contributed by atoms with E-state index in [-0.39, 0.29) is 25.0 Å². The summed E-state index contributed by atoms with van der Waals surface area (Å²) < 4.78 is 5.26. The predicted molar refractivity (Wildman–Crippen MR) is 78.8 cm³/mol. The van der Waals surface area contributed by atoms with E-state index < -0.39 is 5.97 Å². The number of hydrogen-bond acceptors (Lipinski definition) is 3. The van der Waals surface area contributed by atoms with E-state index in [2.05, 4.69) is 0 Å². The summed E-state index contributed by atoms with van der Waals surface area (Å²) in [6.07, 6.45) is 1.83. The van der Waals surface area contributed by atoms with Gasteiger partial charge in [-0.2, -0.15) is 0 Å². The third-order valence-electron chi connectivity index (χ3n) is 3.53. The Labute approximate surface area is 123 Å². The third kappa shape index (κ3) is 3.65. The standard InChI is InChI=1S/C15H20N2O4/c1-16(12-5-3-4-6-13(12)21-2)15(20)17(11-7-8-11)10-9-14(18)19/h3-6,11H,7-10H2,1-2H3,(H,18,19). The molecule has 1 aromatic carbocycles. The number of carboxylic acid groups (broad SMARTS) is 1. The first-order valence-corrected chi connectivity index (χ1v) is 6.93. The topological polar surface area (TPSA) is 70.1 Å². The van der Waals surface area contributed by atoms with Gasteiger partial charge in [-0.3, -0.25) is 9.69 Å². The molecule has 6 nitrogen and oxygen atoms in total. The van der Waals surface area contributed by atoms with E-state index in [1.54, 1.807) is 31.2 Å². The van der Waals surface area contributed by atoms with Crippen molar-refractivity contribution in [3.8, 4) is 5.75 Å². The number of rotatable bonds is 6. The molecule has 1 saturated carbocycles. The average Bonchev–Trinajstić information content (AvgIpc) is 3.31. The van der Waals surface area contributed by atoms with Crippen LogP contribution in [0.25, 0.3) is 0 Å². The molecule has 1 N–H and O–H groups in total. The minimum Gasteiger partial charge on any atom is -0.495 e. The molecule has 0 saturated heterocycles. The lowest BCUT2D eigenvalue weighted by atomic mass is 10.2. The fraction of sp³-hybridized carbons (Fsp3) is 0.467. The molecule has 2 rings (SSSR count). The summed E-state index contributed by atoms with van der Waals surface area (Å²) in [5.74, 6) is -0.282. The summed E-state index contributed by atoms with van der Waals surface area (Å²) in [5, 5.41) is 8.81. The quantitative estimate of drug-likeness (QED) is 0.872. The van der Waals surface area contributed by atoms with Gasteiger partial charge < -0.3 is 14.7 Å². The molecule has 114 valence electrons. The molecule has 1 aliphatic rings. The largest absolute Gasteiger partial charge is 0.495 e. The Bertz CT molecular complexity index is 528. The molecule has 21 heavy (non-hydrogen) atoms. The number of benzene rings is 1. The lowest BCUT2D eigenvalue weighted by Crippen LogP contribution is -2.43. The highest BCUT2D eigenvalue weighted by Gasteiger charge is 2.34. The van der Waals surface area contributed by atoms with E-state index in [0.717, 1.165) is 12.8 Å². The van der Waals surface area contributed by atoms with Crippen LogP contribution in [0.1, 0.15) is 19.3 Å². The summed E-state index contributed by atoms with van der Waals surface area (Å²) in [5.41, 5.74) is 0.672. The Morgan fingerprint density at radius 3 is 2.57 bits per heavy atom. The summed E-state index contributed by atoms with van der Waals surface area (Å²) in [6, 6.07) is 7.23. The van der Waals surface area contributed by atoms with E-state index in [9.17, 15) is 9.59 Å². The van der Waals surface area contributed by atoms with Crippen LogP contribution in [0.15, 0.2) is 24.3 Å².